The zero-order valence-electron chi connectivity index (χ0n) is 10.2. The van der Waals surface area contributed by atoms with Gasteiger partial charge in [-0.15, -0.1) is 0 Å². The molecule has 1 radical (unpaired) electrons. The van der Waals surface area contributed by atoms with Crippen LogP contribution < -0.4 is 11.1 Å². The normalized spacial score (nSPS) is 11.8. The van der Waals surface area contributed by atoms with Crippen LogP contribution in [0.4, 0.5) is 5.69 Å². The van der Waals surface area contributed by atoms with Crippen LogP contribution in [0.15, 0.2) is 48.5 Å². The summed E-state index contributed by atoms with van der Waals surface area (Å²) in [5, 5.41) is 2.90. The molecule has 0 aliphatic heterocycles. The lowest BCUT2D eigenvalue weighted by atomic mass is 10.1. The third-order valence-electron chi connectivity index (χ3n) is 2.76. The third-order valence-corrected chi connectivity index (χ3v) is 2.76. The van der Waals surface area contributed by atoms with Gasteiger partial charge in [0.1, 0.15) is 0 Å². The summed E-state index contributed by atoms with van der Waals surface area (Å²) in [5.41, 5.74) is 7.63. The zero-order chi connectivity index (χ0) is 13.0. The van der Waals surface area contributed by atoms with Crippen LogP contribution in [0.2, 0.25) is 0 Å². The molecule has 2 rings (SSSR count). The van der Waals surface area contributed by atoms with Gasteiger partial charge in [0, 0.05) is 5.69 Å². The van der Waals surface area contributed by atoms with Gasteiger partial charge in [-0.2, -0.15) is 0 Å². The number of anilines is 1. The van der Waals surface area contributed by atoms with E-state index < -0.39 is 0 Å². The number of nitrogens with two attached hydrogens (primary N) is 1. The highest BCUT2D eigenvalue weighted by Gasteiger charge is 2.13. The Morgan fingerprint density at radius 1 is 1.22 bits per heavy atom. The molecule has 0 saturated carbocycles. The predicted octanol–water partition coefficient (Wildman–Crippen LogP) is 2.56. The number of hydrogen-bond donors (Lipinski definition) is 2. The number of carbonyl (C=O) groups excluding carboxylic acids is 1. The van der Waals surface area contributed by atoms with Crippen LogP contribution in [-0.4, -0.2) is 5.91 Å². The Kier molecular flexibility index (Phi) is 3.63. The topological polar surface area (TPSA) is 55.1 Å². The highest BCUT2D eigenvalue weighted by molar-refractivity contribution is 5.98. The second-order valence-electron chi connectivity index (χ2n) is 4.11. The summed E-state index contributed by atoms with van der Waals surface area (Å²) in [7, 11) is 0. The molecule has 0 heterocycles. The first-order valence-corrected chi connectivity index (χ1v) is 5.80. The maximum Gasteiger partial charge on any atom is 0.254 e. The van der Waals surface area contributed by atoms with E-state index >= 15 is 0 Å². The Bertz CT molecular complexity index is 537. The lowest BCUT2D eigenvalue weighted by Crippen LogP contribution is -2.27. The highest BCUT2D eigenvalue weighted by Crippen LogP contribution is 2.14. The average molecular weight is 239 g/mol. The van der Waals surface area contributed by atoms with Crippen LogP contribution in [0.5, 0.6) is 0 Å². The van der Waals surface area contributed by atoms with Crippen molar-refractivity contribution in [2.45, 2.75) is 13.0 Å². The maximum absolute atomic E-state index is 12.0. The molecular formula is C15H15N2O. The Labute approximate surface area is 107 Å². The van der Waals surface area contributed by atoms with E-state index in [2.05, 4.69) is 11.4 Å². The maximum atomic E-state index is 12.0. The van der Waals surface area contributed by atoms with E-state index in [0.29, 0.717) is 11.3 Å². The summed E-state index contributed by atoms with van der Waals surface area (Å²) in [4.78, 5) is 12.0. The number of hydrogen-bond acceptors (Lipinski definition) is 2. The van der Waals surface area contributed by atoms with Crippen LogP contribution >= 0.6 is 0 Å². The number of amides is 1. The fraction of sp³-hybridized carbons (Fsp3) is 0.133. The monoisotopic (exact) mass is 239 g/mol. The van der Waals surface area contributed by atoms with Crippen molar-refractivity contribution in [3.05, 3.63) is 65.7 Å². The van der Waals surface area contributed by atoms with E-state index in [1.54, 1.807) is 18.2 Å². The summed E-state index contributed by atoms with van der Waals surface area (Å²) in [6.45, 7) is 1.94. The molecule has 0 aliphatic carbocycles. The van der Waals surface area contributed by atoms with Crippen molar-refractivity contribution in [1.29, 1.82) is 0 Å². The van der Waals surface area contributed by atoms with E-state index in [1.165, 1.54) is 0 Å². The molecule has 2 aromatic rings. The number of nitrogens with one attached hydrogen (secondary N) is 1. The summed E-state index contributed by atoms with van der Waals surface area (Å²) in [5.74, 6) is -0.204. The van der Waals surface area contributed by atoms with Crippen LogP contribution in [0.1, 0.15) is 28.9 Å². The molecule has 1 atom stereocenters. The summed E-state index contributed by atoms with van der Waals surface area (Å²) < 4.78 is 0. The largest absolute Gasteiger partial charge is 0.398 e. The van der Waals surface area contributed by atoms with Gasteiger partial charge in [0.2, 0.25) is 0 Å². The molecule has 3 nitrogen and oxygen atoms in total. The second kappa shape index (κ2) is 5.36. The number of rotatable bonds is 3. The van der Waals surface area contributed by atoms with E-state index in [1.807, 2.05) is 37.3 Å². The predicted molar refractivity (Wildman–Crippen MR) is 72.0 cm³/mol. The molecule has 1 amide bonds. The second-order valence-corrected chi connectivity index (χ2v) is 4.11. The van der Waals surface area contributed by atoms with Crippen molar-refractivity contribution in [2.24, 2.45) is 0 Å². The summed E-state index contributed by atoms with van der Waals surface area (Å²) in [6, 6.07) is 17.7. The van der Waals surface area contributed by atoms with Crippen molar-refractivity contribution >= 4 is 11.6 Å². The molecule has 91 valence electrons. The Balaban J connectivity index is 2.11. The van der Waals surface area contributed by atoms with Gasteiger partial charge in [-0.3, -0.25) is 4.79 Å². The van der Waals surface area contributed by atoms with Crippen molar-refractivity contribution in [3.8, 4) is 0 Å². The number of benzene rings is 2. The van der Waals surface area contributed by atoms with E-state index in [0.717, 1.165) is 5.56 Å². The first kappa shape index (κ1) is 12.2. The Morgan fingerprint density at radius 3 is 2.61 bits per heavy atom. The molecule has 0 aromatic heterocycles. The van der Waals surface area contributed by atoms with Crippen LogP contribution in [0.3, 0.4) is 0 Å². The minimum atomic E-state index is -0.204. The summed E-state index contributed by atoms with van der Waals surface area (Å²) >= 11 is 0. The van der Waals surface area contributed by atoms with Crippen molar-refractivity contribution in [1.82, 2.24) is 5.32 Å². The molecule has 3 N–H and O–H groups in total. The first-order chi connectivity index (χ1) is 8.68. The van der Waals surface area contributed by atoms with Crippen LogP contribution in [0, 0.1) is 6.07 Å². The van der Waals surface area contributed by atoms with Gasteiger partial charge in [0.25, 0.3) is 5.91 Å². The lowest BCUT2D eigenvalue weighted by Gasteiger charge is -2.14. The quantitative estimate of drug-likeness (QED) is 0.809. The van der Waals surface area contributed by atoms with Crippen LogP contribution in [-0.2, 0) is 0 Å². The minimum Gasteiger partial charge on any atom is -0.398 e. The zero-order valence-corrected chi connectivity index (χ0v) is 10.2. The molecule has 0 spiro atoms. The molecule has 0 saturated heterocycles. The van der Waals surface area contributed by atoms with E-state index in [4.69, 9.17) is 5.73 Å². The standard InChI is InChI=1S/C15H15N2O/c1-11(12-7-3-2-4-8-12)17-15(18)13-9-5-6-10-14(13)16/h2-8,10-11H,16H2,1H3,(H,17,18)/t11-/m0/s1. The fourth-order valence-corrected chi connectivity index (χ4v) is 1.74. The lowest BCUT2D eigenvalue weighted by molar-refractivity contribution is 0.0940. The van der Waals surface area contributed by atoms with Gasteiger partial charge in [-0.25, -0.2) is 0 Å². The van der Waals surface area contributed by atoms with E-state index in [-0.39, 0.29) is 11.9 Å². The first-order valence-electron chi connectivity index (χ1n) is 5.80. The number of nitrogen functional groups attached to an aromatic ring is 1. The van der Waals surface area contributed by atoms with Gasteiger partial charge in [-0.1, -0.05) is 42.5 Å². The SMILES string of the molecule is C[C@H](NC(=O)c1[c]cccc1N)c1ccccc1. The molecule has 3 heteroatoms. The third kappa shape index (κ3) is 2.69. The highest BCUT2D eigenvalue weighted by atomic mass is 16.1. The average Bonchev–Trinajstić information content (AvgIpc) is 2.40. The van der Waals surface area contributed by atoms with Gasteiger partial charge in [0.15, 0.2) is 0 Å². The van der Waals surface area contributed by atoms with Gasteiger partial charge >= 0.3 is 0 Å². The van der Waals surface area contributed by atoms with E-state index in [9.17, 15) is 4.79 Å². The molecule has 0 bridgehead atoms. The van der Waals surface area contributed by atoms with Crippen molar-refractivity contribution in [2.75, 3.05) is 5.73 Å². The smallest absolute Gasteiger partial charge is 0.254 e. The number of carbonyl (C=O) groups is 1. The molecule has 18 heavy (non-hydrogen) atoms. The van der Waals surface area contributed by atoms with Crippen LogP contribution in [0.25, 0.3) is 0 Å². The Hall–Kier alpha value is -2.29. The molecule has 0 aliphatic rings. The van der Waals surface area contributed by atoms with Gasteiger partial charge in [-0.05, 0) is 24.6 Å². The van der Waals surface area contributed by atoms with Gasteiger partial charge in [0.05, 0.1) is 11.6 Å². The van der Waals surface area contributed by atoms with Gasteiger partial charge < -0.3 is 11.1 Å². The molecule has 2 aromatic carbocycles. The Morgan fingerprint density at radius 2 is 1.94 bits per heavy atom. The molecular weight excluding hydrogens is 224 g/mol. The minimum absolute atomic E-state index is 0.0632. The molecule has 0 fully saturated rings. The van der Waals surface area contributed by atoms with Crippen molar-refractivity contribution in [3.63, 3.8) is 0 Å². The molecule has 0 unspecified atom stereocenters. The van der Waals surface area contributed by atoms with Crippen molar-refractivity contribution < 1.29 is 4.79 Å². The summed E-state index contributed by atoms with van der Waals surface area (Å²) in [6.07, 6.45) is 0. The fourth-order valence-electron chi connectivity index (χ4n) is 1.74.